The van der Waals surface area contributed by atoms with Gasteiger partial charge in [0.25, 0.3) is 0 Å². The third kappa shape index (κ3) is 3.69. The molecule has 1 saturated heterocycles. The lowest BCUT2D eigenvalue weighted by Crippen LogP contribution is -2.48. The molecule has 0 bridgehead atoms. The second kappa shape index (κ2) is 6.68. The van der Waals surface area contributed by atoms with E-state index in [1.165, 1.54) is 19.3 Å². The van der Waals surface area contributed by atoms with E-state index in [1.807, 2.05) is 0 Å². The summed E-state index contributed by atoms with van der Waals surface area (Å²) in [6, 6.07) is 0.290. The SMILES string of the molecule is CC(C)(C)C1CCC(C(=O)N2CCCCC2CCl)CC1. The molecular weight excluding hydrogens is 270 g/mol. The highest BCUT2D eigenvalue weighted by molar-refractivity contribution is 6.18. The van der Waals surface area contributed by atoms with Crippen molar-refractivity contribution in [2.24, 2.45) is 17.3 Å². The van der Waals surface area contributed by atoms with Gasteiger partial charge >= 0.3 is 0 Å². The minimum Gasteiger partial charge on any atom is -0.338 e. The van der Waals surface area contributed by atoms with Crippen LogP contribution in [0.25, 0.3) is 0 Å². The van der Waals surface area contributed by atoms with Crippen molar-refractivity contribution in [3.05, 3.63) is 0 Å². The maximum Gasteiger partial charge on any atom is 0.225 e. The molecule has 2 rings (SSSR count). The first-order valence-electron chi connectivity index (χ1n) is 8.30. The summed E-state index contributed by atoms with van der Waals surface area (Å²) in [6.45, 7) is 7.91. The van der Waals surface area contributed by atoms with Gasteiger partial charge in [-0.2, -0.15) is 0 Å². The fourth-order valence-electron chi connectivity index (χ4n) is 3.89. The van der Waals surface area contributed by atoms with Crippen LogP contribution in [0, 0.1) is 17.3 Å². The molecule has 1 heterocycles. The highest BCUT2D eigenvalue weighted by Gasteiger charge is 2.36. The second-order valence-electron chi connectivity index (χ2n) is 7.75. The first-order chi connectivity index (χ1) is 9.43. The number of hydrogen-bond acceptors (Lipinski definition) is 1. The van der Waals surface area contributed by atoms with Gasteiger partial charge in [-0.05, 0) is 56.3 Å². The summed E-state index contributed by atoms with van der Waals surface area (Å²) >= 11 is 6.05. The second-order valence-corrected chi connectivity index (χ2v) is 8.06. The van der Waals surface area contributed by atoms with Crippen LogP contribution in [0.5, 0.6) is 0 Å². The Hall–Kier alpha value is -0.240. The number of amides is 1. The zero-order chi connectivity index (χ0) is 14.8. The first kappa shape index (κ1) is 16.1. The predicted octanol–water partition coefficient (Wildman–Crippen LogP) is 4.46. The highest BCUT2D eigenvalue weighted by atomic mass is 35.5. The number of carbonyl (C=O) groups excluding carboxylic acids is 1. The Morgan fingerprint density at radius 3 is 2.30 bits per heavy atom. The van der Waals surface area contributed by atoms with Crippen molar-refractivity contribution in [1.29, 1.82) is 0 Å². The smallest absolute Gasteiger partial charge is 0.225 e. The summed E-state index contributed by atoms with van der Waals surface area (Å²) in [5.74, 6) is 2.03. The van der Waals surface area contributed by atoms with Crippen LogP contribution in [0.4, 0.5) is 0 Å². The molecule has 20 heavy (non-hydrogen) atoms. The molecule has 1 amide bonds. The van der Waals surface area contributed by atoms with Crippen LogP contribution in [0.3, 0.4) is 0 Å². The van der Waals surface area contributed by atoms with Gasteiger partial charge in [-0.3, -0.25) is 4.79 Å². The molecule has 1 aliphatic heterocycles. The average Bonchev–Trinajstić information content (AvgIpc) is 2.45. The number of piperidine rings is 1. The minimum absolute atomic E-state index is 0.261. The number of carbonyl (C=O) groups is 1. The van der Waals surface area contributed by atoms with Crippen LogP contribution in [0.15, 0.2) is 0 Å². The van der Waals surface area contributed by atoms with E-state index in [-0.39, 0.29) is 5.92 Å². The van der Waals surface area contributed by atoms with Crippen molar-refractivity contribution in [1.82, 2.24) is 4.90 Å². The van der Waals surface area contributed by atoms with Crippen molar-refractivity contribution in [2.75, 3.05) is 12.4 Å². The van der Waals surface area contributed by atoms with Crippen molar-refractivity contribution in [2.45, 2.75) is 71.8 Å². The van der Waals surface area contributed by atoms with Gasteiger partial charge in [-0.1, -0.05) is 20.8 Å². The lowest BCUT2D eigenvalue weighted by Gasteiger charge is -2.41. The van der Waals surface area contributed by atoms with Gasteiger partial charge in [0, 0.05) is 24.4 Å². The summed E-state index contributed by atoms with van der Waals surface area (Å²) in [5.41, 5.74) is 0.387. The molecule has 2 fully saturated rings. The molecule has 0 aromatic carbocycles. The Kier molecular flexibility index (Phi) is 5.39. The fraction of sp³-hybridized carbons (Fsp3) is 0.941. The lowest BCUT2D eigenvalue weighted by atomic mass is 9.69. The number of hydrogen-bond donors (Lipinski definition) is 0. The average molecular weight is 300 g/mol. The van der Waals surface area contributed by atoms with E-state index in [0.29, 0.717) is 23.2 Å². The van der Waals surface area contributed by atoms with Crippen molar-refractivity contribution >= 4 is 17.5 Å². The minimum atomic E-state index is 0.261. The van der Waals surface area contributed by atoms with Crippen molar-refractivity contribution < 1.29 is 4.79 Å². The zero-order valence-corrected chi connectivity index (χ0v) is 14.1. The van der Waals surface area contributed by atoms with Crippen molar-refractivity contribution in [3.8, 4) is 0 Å². The molecule has 0 aromatic rings. The third-order valence-electron chi connectivity index (χ3n) is 5.39. The highest BCUT2D eigenvalue weighted by Crippen LogP contribution is 2.40. The summed E-state index contributed by atoms with van der Waals surface area (Å²) in [7, 11) is 0. The van der Waals surface area contributed by atoms with E-state index >= 15 is 0 Å². The largest absolute Gasteiger partial charge is 0.338 e. The summed E-state index contributed by atoms with van der Waals surface area (Å²) in [5, 5.41) is 0. The summed E-state index contributed by atoms with van der Waals surface area (Å²) in [6.07, 6.45) is 8.03. The van der Waals surface area contributed by atoms with Crippen LogP contribution >= 0.6 is 11.6 Å². The van der Waals surface area contributed by atoms with Gasteiger partial charge in [0.15, 0.2) is 0 Å². The summed E-state index contributed by atoms with van der Waals surface area (Å²) < 4.78 is 0. The van der Waals surface area contributed by atoms with Gasteiger partial charge in [-0.15, -0.1) is 11.6 Å². The van der Waals surface area contributed by atoms with Gasteiger partial charge in [0.05, 0.1) is 0 Å². The third-order valence-corrected chi connectivity index (χ3v) is 5.75. The quantitative estimate of drug-likeness (QED) is 0.689. The maximum atomic E-state index is 12.7. The topological polar surface area (TPSA) is 20.3 Å². The zero-order valence-electron chi connectivity index (χ0n) is 13.3. The maximum absolute atomic E-state index is 12.7. The number of alkyl halides is 1. The Morgan fingerprint density at radius 1 is 1.10 bits per heavy atom. The van der Waals surface area contributed by atoms with E-state index in [0.717, 1.165) is 38.1 Å². The van der Waals surface area contributed by atoms with Gasteiger partial charge in [-0.25, -0.2) is 0 Å². The molecule has 1 saturated carbocycles. The molecule has 116 valence electrons. The van der Waals surface area contributed by atoms with Crippen LogP contribution in [0.2, 0.25) is 0 Å². The molecule has 0 radical (unpaired) electrons. The van der Waals surface area contributed by atoms with Crippen LogP contribution in [-0.2, 0) is 4.79 Å². The molecule has 1 aliphatic carbocycles. The normalized spacial score (nSPS) is 32.2. The van der Waals surface area contributed by atoms with Gasteiger partial charge in [0.1, 0.15) is 0 Å². The predicted molar refractivity (Wildman–Crippen MR) is 85.0 cm³/mol. The van der Waals surface area contributed by atoms with E-state index in [1.54, 1.807) is 0 Å². The van der Waals surface area contributed by atoms with Crippen LogP contribution < -0.4 is 0 Å². The number of halogens is 1. The lowest BCUT2D eigenvalue weighted by molar-refractivity contribution is -0.140. The Balaban J connectivity index is 1.91. The van der Waals surface area contributed by atoms with E-state index in [4.69, 9.17) is 11.6 Å². The first-order valence-corrected chi connectivity index (χ1v) is 8.83. The molecule has 2 aliphatic rings. The number of nitrogens with zero attached hydrogens (tertiary/aromatic N) is 1. The monoisotopic (exact) mass is 299 g/mol. The Labute approximate surface area is 129 Å². The molecule has 0 N–H and O–H groups in total. The van der Waals surface area contributed by atoms with E-state index in [9.17, 15) is 4.79 Å². The van der Waals surface area contributed by atoms with E-state index < -0.39 is 0 Å². The molecule has 2 nitrogen and oxygen atoms in total. The molecular formula is C17H30ClNO. The molecule has 0 aromatic heterocycles. The molecule has 1 unspecified atom stereocenters. The number of rotatable bonds is 2. The Bertz CT molecular complexity index is 328. The molecule has 1 atom stereocenters. The molecule has 0 spiro atoms. The Morgan fingerprint density at radius 2 is 1.75 bits per heavy atom. The summed E-state index contributed by atoms with van der Waals surface area (Å²) in [4.78, 5) is 14.8. The standard InChI is InChI=1S/C17H30ClNO/c1-17(2,3)14-9-7-13(8-10-14)16(20)19-11-5-4-6-15(19)12-18/h13-15H,4-12H2,1-3H3. The molecule has 3 heteroatoms. The van der Waals surface area contributed by atoms with Crippen molar-refractivity contribution in [3.63, 3.8) is 0 Å². The van der Waals surface area contributed by atoms with E-state index in [2.05, 4.69) is 25.7 Å². The number of likely N-dealkylation sites (tertiary alicyclic amines) is 1. The van der Waals surface area contributed by atoms with Crippen LogP contribution in [0.1, 0.15) is 65.7 Å². The fourth-order valence-corrected chi connectivity index (χ4v) is 4.21. The van der Waals surface area contributed by atoms with Crippen LogP contribution in [-0.4, -0.2) is 29.3 Å². The van der Waals surface area contributed by atoms with Gasteiger partial charge in [0.2, 0.25) is 5.91 Å². The van der Waals surface area contributed by atoms with Gasteiger partial charge < -0.3 is 4.90 Å².